The van der Waals surface area contributed by atoms with Crippen LogP contribution in [0.3, 0.4) is 0 Å². The third-order valence-corrected chi connectivity index (χ3v) is 3.45. The zero-order valence-corrected chi connectivity index (χ0v) is 9.07. The van der Waals surface area contributed by atoms with E-state index in [2.05, 4.69) is 0 Å². The molecule has 0 saturated heterocycles. The maximum atomic E-state index is 11.3. The van der Waals surface area contributed by atoms with Crippen LogP contribution in [-0.2, 0) is 9.53 Å². The van der Waals surface area contributed by atoms with Gasteiger partial charge < -0.3 is 4.74 Å². The third-order valence-electron chi connectivity index (χ3n) is 2.47. The number of rotatable bonds is 6. The third kappa shape index (κ3) is 4.14. The molecule has 1 unspecified atom stereocenters. The molecule has 1 fully saturated rings. The number of thioether (sulfide) groups is 1. The van der Waals surface area contributed by atoms with Crippen LogP contribution >= 0.6 is 11.8 Å². The van der Waals surface area contributed by atoms with Crippen LogP contribution in [0.25, 0.3) is 0 Å². The molecule has 2 nitrogen and oxygen atoms in total. The number of hydrogen-bond donors (Lipinski definition) is 0. The Morgan fingerprint density at radius 1 is 1.54 bits per heavy atom. The summed E-state index contributed by atoms with van der Waals surface area (Å²) in [6.07, 6.45) is 4.15. The quantitative estimate of drug-likeness (QED) is 0.617. The highest BCUT2D eigenvalue weighted by atomic mass is 32.2. The van der Waals surface area contributed by atoms with Crippen LogP contribution in [0.2, 0.25) is 0 Å². The summed E-state index contributed by atoms with van der Waals surface area (Å²) < 4.78 is 4.95. The normalized spacial score (nSPS) is 22.5. The van der Waals surface area contributed by atoms with E-state index in [0.717, 1.165) is 43.8 Å². The molecule has 0 amide bonds. The summed E-state index contributed by atoms with van der Waals surface area (Å²) in [5, 5.41) is 0. The SMILES string of the molecule is COCCSCCC1CCCC1=O. The fraction of sp³-hybridized carbons (Fsp3) is 0.900. The molecule has 13 heavy (non-hydrogen) atoms. The first kappa shape index (κ1) is 11.1. The summed E-state index contributed by atoms with van der Waals surface area (Å²) >= 11 is 1.89. The average Bonchev–Trinajstić information content (AvgIpc) is 2.52. The number of Topliss-reactive ketones (excluding diaryl/α,β-unsaturated/α-hetero) is 1. The van der Waals surface area contributed by atoms with Crippen molar-refractivity contribution in [2.45, 2.75) is 25.7 Å². The monoisotopic (exact) mass is 202 g/mol. The fourth-order valence-corrected chi connectivity index (χ4v) is 2.60. The second-order valence-electron chi connectivity index (χ2n) is 3.45. The second kappa shape index (κ2) is 6.44. The molecule has 0 aliphatic heterocycles. The number of carbonyl (C=O) groups is 1. The lowest BCUT2D eigenvalue weighted by Crippen LogP contribution is -2.07. The highest BCUT2D eigenvalue weighted by Crippen LogP contribution is 2.25. The van der Waals surface area contributed by atoms with Gasteiger partial charge in [-0.05, 0) is 25.0 Å². The van der Waals surface area contributed by atoms with Gasteiger partial charge in [0.2, 0.25) is 0 Å². The Morgan fingerprint density at radius 3 is 3.00 bits per heavy atom. The average molecular weight is 202 g/mol. The van der Waals surface area contributed by atoms with E-state index >= 15 is 0 Å². The molecule has 1 aliphatic carbocycles. The van der Waals surface area contributed by atoms with Crippen molar-refractivity contribution in [2.24, 2.45) is 5.92 Å². The number of ether oxygens (including phenoxy) is 1. The van der Waals surface area contributed by atoms with Crippen molar-refractivity contribution in [2.75, 3.05) is 25.2 Å². The summed E-state index contributed by atoms with van der Waals surface area (Å²) in [6, 6.07) is 0. The molecule has 0 aromatic rings. The number of ketones is 1. The molecule has 1 rings (SSSR count). The molecule has 3 heteroatoms. The molecule has 0 heterocycles. The predicted octanol–water partition coefficient (Wildman–Crippen LogP) is 2.13. The van der Waals surface area contributed by atoms with E-state index in [-0.39, 0.29) is 0 Å². The Morgan fingerprint density at radius 2 is 2.38 bits per heavy atom. The molecule has 0 bridgehead atoms. The maximum Gasteiger partial charge on any atom is 0.136 e. The zero-order chi connectivity index (χ0) is 9.52. The Kier molecular flexibility index (Phi) is 5.47. The van der Waals surface area contributed by atoms with E-state index in [0.29, 0.717) is 11.7 Å². The van der Waals surface area contributed by atoms with E-state index in [1.165, 1.54) is 0 Å². The molecule has 1 aliphatic rings. The van der Waals surface area contributed by atoms with Crippen LogP contribution in [0.15, 0.2) is 0 Å². The van der Waals surface area contributed by atoms with Crippen molar-refractivity contribution in [3.63, 3.8) is 0 Å². The van der Waals surface area contributed by atoms with Crippen molar-refractivity contribution >= 4 is 17.5 Å². The van der Waals surface area contributed by atoms with Crippen molar-refractivity contribution in [3.05, 3.63) is 0 Å². The molecule has 1 atom stereocenters. The highest BCUT2D eigenvalue weighted by molar-refractivity contribution is 7.99. The van der Waals surface area contributed by atoms with E-state index in [9.17, 15) is 4.79 Å². The van der Waals surface area contributed by atoms with Gasteiger partial charge in [-0.3, -0.25) is 4.79 Å². The Balaban J connectivity index is 1.96. The Bertz CT molecular complexity index is 159. The first-order chi connectivity index (χ1) is 6.34. The lowest BCUT2D eigenvalue weighted by Gasteiger charge is -2.06. The van der Waals surface area contributed by atoms with Crippen molar-refractivity contribution in [3.8, 4) is 0 Å². The summed E-state index contributed by atoms with van der Waals surface area (Å²) in [7, 11) is 1.72. The van der Waals surface area contributed by atoms with Gasteiger partial charge in [0.1, 0.15) is 5.78 Å². The van der Waals surface area contributed by atoms with Gasteiger partial charge >= 0.3 is 0 Å². The van der Waals surface area contributed by atoms with Crippen LogP contribution in [0.5, 0.6) is 0 Å². The molecular formula is C10H18O2S. The largest absolute Gasteiger partial charge is 0.384 e. The predicted molar refractivity (Wildman–Crippen MR) is 56.2 cm³/mol. The number of hydrogen-bond acceptors (Lipinski definition) is 3. The number of carbonyl (C=O) groups excluding carboxylic acids is 1. The second-order valence-corrected chi connectivity index (χ2v) is 4.67. The van der Waals surface area contributed by atoms with Gasteiger partial charge in [-0.2, -0.15) is 11.8 Å². The van der Waals surface area contributed by atoms with Gasteiger partial charge in [0.05, 0.1) is 6.61 Å². The lowest BCUT2D eigenvalue weighted by atomic mass is 10.1. The van der Waals surface area contributed by atoms with E-state index in [4.69, 9.17) is 4.74 Å². The topological polar surface area (TPSA) is 26.3 Å². The van der Waals surface area contributed by atoms with E-state index < -0.39 is 0 Å². The van der Waals surface area contributed by atoms with Crippen LogP contribution in [-0.4, -0.2) is 31.0 Å². The van der Waals surface area contributed by atoms with Gasteiger partial charge in [-0.25, -0.2) is 0 Å². The van der Waals surface area contributed by atoms with Gasteiger partial charge in [0.15, 0.2) is 0 Å². The van der Waals surface area contributed by atoms with E-state index in [1.807, 2.05) is 11.8 Å². The first-order valence-electron chi connectivity index (χ1n) is 4.94. The van der Waals surface area contributed by atoms with Crippen LogP contribution in [0, 0.1) is 5.92 Å². The van der Waals surface area contributed by atoms with Crippen molar-refractivity contribution in [1.29, 1.82) is 0 Å². The van der Waals surface area contributed by atoms with Gasteiger partial charge in [-0.1, -0.05) is 0 Å². The molecule has 0 N–H and O–H groups in total. The van der Waals surface area contributed by atoms with Crippen molar-refractivity contribution in [1.82, 2.24) is 0 Å². The van der Waals surface area contributed by atoms with Crippen LogP contribution in [0.4, 0.5) is 0 Å². The summed E-state index contributed by atoms with van der Waals surface area (Å²) in [4.78, 5) is 11.3. The van der Waals surface area contributed by atoms with Gasteiger partial charge in [0, 0.05) is 25.2 Å². The molecular weight excluding hydrogens is 184 g/mol. The standard InChI is InChI=1S/C10H18O2S/c1-12-6-8-13-7-5-9-3-2-4-10(9)11/h9H,2-8H2,1H3. The fourth-order valence-electron chi connectivity index (χ4n) is 1.66. The minimum absolute atomic E-state index is 0.384. The van der Waals surface area contributed by atoms with Crippen LogP contribution < -0.4 is 0 Å². The maximum absolute atomic E-state index is 11.3. The van der Waals surface area contributed by atoms with Crippen LogP contribution in [0.1, 0.15) is 25.7 Å². The highest BCUT2D eigenvalue weighted by Gasteiger charge is 2.23. The Hall–Kier alpha value is -0.0200. The molecule has 0 radical (unpaired) electrons. The molecule has 0 spiro atoms. The van der Waals surface area contributed by atoms with Gasteiger partial charge in [-0.15, -0.1) is 0 Å². The summed E-state index contributed by atoms with van der Waals surface area (Å²) in [6.45, 7) is 0.823. The minimum Gasteiger partial charge on any atom is -0.384 e. The van der Waals surface area contributed by atoms with Gasteiger partial charge in [0.25, 0.3) is 0 Å². The smallest absolute Gasteiger partial charge is 0.136 e. The molecule has 0 aromatic heterocycles. The first-order valence-corrected chi connectivity index (χ1v) is 6.09. The molecule has 1 saturated carbocycles. The molecule has 0 aromatic carbocycles. The number of methoxy groups -OCH3 is 1. The minimum atomic E-state index is 0.384. The molecule has 76 valence electrons. The summed E-state index contributed by atoms with van der Waals surface area (Å²) in [5.41, 5.74) is 0. The van der Waals surface area contributed by atoms with E-state index in [1.54, 1.807) is 7.11 Å². The summed E-state index contributed by atoms with van der Waals surface area (Å²) in [5.74, 6) is 3.04. The lowest BCUT2D eigenvalue weighted by molar-refractivity contribution is -0.120. The Labute approximate surface area is 84.4 Å². The van der Waals surface area contributed by atoms with Crippen molar-refractivity contribution < 1.29 is 9.53 Å². The zero-order valence-electron chi connectivity index (χ0n) is 8.25.